The number of benzene rings is 1. The molecule has 2 heterocycles. The molecule has 1 aliphatic heterocycles. The number of aliphatic hydroxyl groups excluding tert-OH is 1. The van der Waals surface area contributed by atoms with Crippen LogP contribution in [0, 0.1) is 0 Å². The highest BCUT2D eigenvalue weighted by atomic mass is 32.2. The van der Waals surface area contributed by atoms with Crippen LogP contribution in [-0.4, -0.2) is 45.4 Å². The number of nitrogens with zero attached hydrogens (tertiary/aromatic N) is 1. The summed E-state index contributed by atoms with van der Waals surface area (Å²) in [6.45, 7) is 1.23. The quantitative estimate of drug-likeness (QED) is 0.633. The number of hydrogen-bond acceptors (Lipinski definition) is 5. The van der Waals surface area contributed by atoms with E-state index in [1.165, 1.54) is 0 Å². The van der Waals surface area contributed by atoms with E-state index in [0.29, 0.717) is 31.7 Å². The van der Waals surface area contributed by atoms with Gasteiger partial charge in [-0.2, -0.15) is 11.3 Å². The average Bonchev–Trinajstić information content (AvgIpc) is 3.12. The lowest BCUT2D eigenvalue weighted by molar-refractivity contribution is -0.110. The Hall–Kier alpha value is -1.18. The molecule has 1 saturated heterocycles. The maximum absolute atomic E-state index is 12.8. The second kappa shape index (κ2) is 8.27. The molecule has 2 atom stereocenters. The lowest BCUT2D eigenvalue weighted by atomic mass is 10.0. The van der Waals surface area contributed by atoms with E-state index in [4.69, 9.17) is 0 Å². The summed E-state index contributed by atoms with van der Waals surface area (Å²) in [7, 11) is 0. The van der Waals surface area contributed by atoms with Gasteiger partial charge in [0.1, 0.15) is 5.75 Å². The van der Waals surface area contributed by atoms with Gasteiger partial charge < -0.3 is 9.66 Å². The summed E-state index contributed by atoms with van der Waals surface area (Å²) >= 11 is 0.322. The van der Waals surface area contributed by atoms with E-state index in [2.05, 4.69) is 11.4 Å². The van der Waals surface area contributed by atoms with Crippen molar-refractivity contribution in [3.05, 3.63) is 46.7 Å². The van der Waals surface area contributed by atoms with Crippen LogP contribution in [0.1, 0.15) is 18.4 Å². The molecule has 6 heteroatoms. The van der Waals surface area contributed by atoms with Gasteiger partial charge in [0, 0.05) is 18.7 Å². The minimum absolute atomic E-state index is 0.304. The second-order valence-corrected chi connectivity index (χ2v) is 8.30. The van der Waals surface area contributed by atoms with Crippen molar-refractivity contribution in [3.8, 4) is 11.1 Å². The van der Waals surface area contributed by atoms with E-state index in [1.54, 1.807) is 11.3 Å². The summed E-state index contributed by atoms with van der Waals surface area (Å²) in [6, 6.07) is 9.97. The first-order valence-electron chi connectivity index (χ1n) is 8.04. The molecular weight excluding hydrogens is 342 g/mol. The number of carbonyl (C=O) groups is 1. The fourth-order valence-electron chi connectivity index (χ4n) is 3.04. The maximum Gasteiger partial charge on any atom is 0.225 e. The van der Waals surface area contributed by atoms with E-state index in [9.17, 15) is 14.5 Å². The highest BCUT2D eigenvalue weighted by Gasteiger charge is 2.32. The summed E-state index contributed by atoms with van der Waals surface area (Å²) in [4.78, 5) is 13.5. The molecule has 1 aromatic heterocycles. The molecular formula is C18H21NO3S2. The zero-order valence-electron chi connectivity index (χ0n) is 13.3. The van der Waals surface area contributed by atoms with Gasteiger partial charge in [-0.1, -0.05) is 24.3 Å². The number of aldehydes is 1. The van der Waals surface area contributed by atoms with Gasteiger partial charge in [-0.15, -0.1) is 0 Å². The number of hydrogen-bond donors (Lipinski definition) is 1. The largest absolute Gasteiger partial charge is 0.615 e. The molecule has 0 radical (unpaired) electrons. The van der Waals surface area contributed by atoms with Gasteiger partial charge in [0.2, 0.25) is 5.37 Å². The average molecular weight is 364 g/mol. The highest BCUT2D eigenvalue weighted by Crippen LogP contribution is 2.28. The van der Waals surface area contributed by atoms with Gasteiger partial charge in [0.15, 0.2) is 6.29 Å². The van der Waals surface area contributed by atoms with E-state index < -0.39 is 16.5 Å². The normalized spacial score (nSPS) is 19.1. The molecule has 0 bridgehead atoms. The number of rotatable bonds is 6. The molecule has 24 heavy (non-hydrogen) atoms. The van der Waals surface area contributed by atoms with Crippen LogP contribution in [0.3, 0.4) is 0 Å². The zero-order chi connectivity index (χ0) is 16.9. The van der Waals surface area contributed by atoms with Gasteiger partial charge in [-0.3, -0.25) is 9.69 Å². The molecule has 2 aromatic rings. The Labute approximate surface area is 149 Å². The Morgan fingerprint density at radius 3 is 2.75 bits per heavy atom. The predicted molar refractivity (Wildman–Crippen MR) is 98.3 cm³/mol. The second-order valence-electron chi connectivity index (χ2n) is 5.99. The van der Waals surface area contributed by atoms with Crippen molar-refractivity contribution < 1.29 is 14.5 Å². The number of piperidine rings is 1. The molecule has 3 rings (SSSR count). The van der Waals surface area contributed by atoms with Crippen LogP contribution in [0.4, 0.5) is 0 Å². The highest BCUT2D eigenvalue weighted by molar-refractivity contribution is 7.91. The third kappa shape index (κ3) is 4.07. The van der Waals surface area contributed by atoms with Crippen molar-refractivity contribution in [2.24, 2.45) is 0 Å². The molecule has 1 aromatic carbocycles. The standard InChI is InChI=1S/C18H21NO3S2/c20-11-18(19-8-5-16(21)6-9-19)24(22)13-15-3-1-2-4-17(15)14-7-10-23-12-14/h1-4,7,10-12,16,18,21H,5-6,8-9,13H2. The van der Waals surface area contributed by atoms with E-state index in [1.807, 2.05) is 34.5 Å². The Balaban J connectivity index is 1.74. The van der Waals surface area contributed by atoms with Crippen molar-refractivity contribution in [1.29, 1.82) is 0 Å². The summed E-state index contributed by atoms with van der Waals surface area (Å²) in [5, 5.41) is 13.1. The molecule has 1 N–H and O–H groups in total. The molecule has 128 valence electrons. The molecule has 0 spiro atoms. The van der Waals surface area contributed by atoms with Gasteiger partial charge in [-0.05, 0) is 52.0 Å². The molecule has 0 amide bonds. The van der Waals surface area contributed by atoms with Crippen LogP contribution < -0.4 is 0 Å². The van der Waals surface area contributed by atoms with E-state index >= 15 is 0 Å². The van der Waals surface area contributed by atoms with Crippen LogP contribution in [-0.2, 0) is 21.7 Å². The maximum atomic E-state index is 12.8. The first kappa shape index (κ1) is 17.6. The smallest absolute Gasteiger partial charge is 0.225 e. The first-order valence-corrected chi connectivity index (χ1v) is 10.4. The van der Waals surface area contributed by atoms with Crippen LogP contribution in [0.15, 0.2) is 41.1 Å². The lowest BCUT2D eigenvalue weighted by Gasteiger charge is -2.33. The van der Waals surface area contributed by atoms with Gasteiger partial charge in [-0.25, -0.2) is 0 Å². The molecule has 0 saturated carbocycles. The van der Waals surface area contributed by atoms with E-state index in [0.717, 1.165) is 23.0 Å². The first-order chi connectivity index (χ1) is 11.7. The molecule has 4 nitrogen and oxygen atoms in total. The fraction of sp³-hybridized carbons (Fsp3) is 0.389. The van der Waals surface area contributed by atoms with Crippen molar-refractivity contribution in [1.82, 2.24) is 4.90 Å². The van der Waals surface area contributed by atoms with Crippen molar-refractivity contribution >= 4 is 28.8 Å². The molecule has 1 fully saturated rings. The Morgan fingerprint density at radius 1 is 1.33 bits per heavy atom. The summed E-state index contributed by atoms with van der Waals surface area (Å²) in [5.41, 5.74) is 3.19. The topological polar surface area (TPSA) is 63.6 Å². The Kier molecular flexibility index (Phi) is 6.08. The molecule has 1 aliphatic rings. The van der Waals surface area contributed by atoms with Crippen molar-refractivity contribution in [3.63, 3.8) is 0 Å². The van der Waals surface area contributed by atoms with Crippen molar-refractivity contribution in [2.75, 3.05) is 13.1 Å². The van der Waals surface area contributed by atoms with Crippen LogP contribution in [0.2, 0.25) is 0 Å². The van der Waals surface area contributed by atoms with E-state index in [-0.39, 0.29) is 6.10 Å². The number of likely N-dealkylation sites (tertiary alicyclic amines) is 1. The van der Waals surface area contributed by atoms with Gasteiger partial charge in [0.05, 0.1) is 6.10 Å². The summed E-state index contributed by atoms with van der Waals surface area (Å²) < 4.78 is 12.8. The Bertz CT molecular complexity index is 654. The lowest BCUT2D eigenvalue weighted by Crippen LogP contribution is -2.47. The summed E-state index contributed by atoms with van der Waals surface area (Å²) in [6.07, 6.45) is 1.75. The summed E-state index contributed by atoms with van der Waals surface area (Å²) in [5.74, 6) is 0.356. The van der Waals surface area contributed by atoms with Crippen LogP contribution in [0.5, 0.6) is 0 Å². The number of carbonyl (C=O) groups excluding carboxylic acids is 1. The van der Waals surface area contributed by atoms with Crippen molar-refractivity contribution in [2.45, 2.75) is 30.1 Å². The van der Waals surface area contributed by atoms with Gasteiger partial charge in [0.25, 0.3) is 0 Å². The van der Waals surface area contributed by atoms with Crippen LogP contribution in [0.25, 0.3) is 11.1 Å². The number of aliphatic hydroxyl groups is 1. The minimum Gasteiger partial charge on any atom is -0.615 e. The predicted octanol–water partition coefficient (Wildman–Crippen LogP) is 2.65. The van der Waals surface area contributed by atoms with Crippen LogP contribution >= 0.6 is 11.3 Å². The monoisotopic (exact) mass is 363 g/mol. The third-order valence-corrected chi connectivity index (χ3v) is 6.62. The molecule has 2 unspecified atom stereocenters. The third-order valence-electron chi connectivity index (χ3n) is 4.39. The fourth-order valence-corrected chi connectivity index (χ4v) is 5.09. The SMILES string of the molecule is O=CC(N1CCC(O)CC1)[S+]([O-])Cc1ccccc1-c1ccsc1. The zero-order valence-corrected chi connectivity index (χ0v) is 15.0. The van der Waals surface area contributed by atoms with Gasteiger partial charge >= 0.3 is 0 Å². The minimum atomic E-state index is -1.31. The molecule has 0 aliphatic carbocycles. The number of thiophene rings is 1. The Morgan fingerprint density at radius 2 is 2.08 bits per heavy atom.